The van der Waals surface area contributed by atoms with Crippen molar-refractivity contribution >= 4 is 5.82 Å². The van der Waals surface area contributed by atoms with Crippen molar-refractivity contribution in [2.45, 2.75) is 45.6 Å². The van der Waals surface area contributed by atoms with Crippen molar-refractivity contribution in [2.24, 2.45) is 0 Å². The van der Waals surface area contributed by atoms with Gasteiger partial charge in [-0.25, -0.2) is 0 Å². The third kappa shape index (κ3) is 1.80. The van der Waals surface area contributed by atoms with Gasteiger partial charge in [-0.05, 0) is 12.8 Å². The molecule has 4 nitrogen and oxygen atoms in total. The molecular weight excluding hydrogens is 190 g/mol. The zero-order valence-electron chi connectivity index (χ0n) is 9.71. The predicted octanol–water partition coefficient (Wildman–Crippen LogP) is 1.94. The lowest BCUT2D eigenvalue weighted by molar-refractivity contribution is 0.293. The van der Waals surface area contributed by atoms with Gasteiger partial charge in [-0.2, -0.15) is 4.98 Å². The number of imidazole rings is 1. The van der Waals surface area contributed by atoms with Gasteiger partial charge in [0.1, 0.15) is 5.82 Å². The van der Waals surface area contributed by atoms with Crippen LogP contribution in [0.3, 0.4) is 0 Å². The Balaban J connectivity index is 2.45. The fourth-order valence-electron chi connectivity index (χ4n) is 1.86. The molecule has 0 radical (unpaired) electrons. The average Bonchev–Trinajstić information content (AvgIpc) is 2.36. The minimum absolute atomic E-state index is 0.0212. The molecule has 15 heavy (non-hydrogen) atoms. The number of fused-ring (bicyclic) bond motifs is 1. The summed E-state index contributed by atoms with van der Waals surface area (Å²) in [5, 5.41) is 0. The number of nitrogen functional groups attached to an aromatic ring is 1. The van der Waals surface area contributed by atoms with Gasteiger partial charge in [0.05, 0.1) is 12.3 Å². The molecule has 0 unspecified atom stereocenters. The van der Waals surface area contributed by atoms with Crippen LogP contribution in [0.15, 0.2) is 0 Å². The molecule has 0 atom stereocenters. The first-order valence-electron chi connectivity index (χ1n) is 5.49. The number of rotatable bonds is 0. The van der Waals surface area contributed by atoms with Gasteiger partial charge in [-0.3, -0.25) is 4.57 Å². The van der Waals surface area contributed by atoms with E-state index in [0.29, 0.717) is 6.01 Å². The van der Waals surface area contributed by atoms with E-state index in [1.165, 1.54) is 0 Å². The van der Waals surface area contributed by atoms with Crippen LogP contribution >= 0.6 is 0 Å². The first-order chi connectivity index (χ1) is 7.00. The Morgan fingerprint density at radius 3 is 2.73 bits per heavy atom. The number of nitrogens with zero attached hydrogens (tertiary/aromatic N) is 2. The molecule has 1 aliphatic heterocycles. The van der Waals surface area contributed by atoms with E-state index < -0.39 is 0 Å². The number of ether oxygens (including phenoxy) is 1. The van der Waals surface area contributed by atoms with Crippen molar-refractivity contribution in [1.82, 2.24) is 9.55 Å². The van der Waals surface area contributed by atoms with E-state index in [1.54, 1.807) is 0 Å². The van der Waals surface area contributed by atoms with Crippen LogP contribution in [-0.2, 0) is 12.0 Å². The van der Waals surface area contributed by atoms with Gasteiger partial charge in [0.15, 0.2) is 0 Å². The van der Waals surface area contributed by atoms with Crippen molar-refractivity contribution in [3.05, 3.63) is 5.69 Å². The summed E-state index contributed by atoms with van der Waals surface area (Å²) in [4.78, 5) is 4.50. The number of aromatic nitrogens is 2. The normalized spacial score (nSPS) is 16.7. The molecule has 0 spiro atoms. The number of anilines is 1. The second-order valence-electron chi connectivity index (χ2n) is 5.09. The molecule has 1 aliphatic rings. The molecule has 1 aromatic heterocycles. The maximum Gasteiger partial charge on any atom is 0.298 e. The monoisotopic (exact) mass is 209 g/mol. The Morgan fingerprint density at radius 1 is 1.33 bits per heavy atom. The minimum Gasteiger partial charge on any atom is -0.465 e. The van der Waals surface area contributed by atoms with Gasteiger partial charge in [0.2, 0.25) is 0 Å². The van der Waals surface area contributed by atoms with E-state index in [-0.39, 0.29) is 5.41 Å². The maximum atomic E-state index is 6.10. The van der Waals surface area contributed by atoms with E-state index in [9.17, 15) is 0 Å². The smallest absolute Gasteiger partial charge is 0.298 e. The molecular formula is C11H19N3O. The Bertz CT molecular complexity index is 363. The van der Waals surface area contributed by atoms with Crippen LogP contribution in [0.25, 0.3) is 0 Å². The molecule has 1 aromatic rings. The highest BCUT2D eigenvalue weighted by Crippen LogP contribution is 2.32. The highest BCUT2D eigenvalue weighted by Gasteiger charge is 2.26. The minimum atomic E-state index is -0.0212. The molecule has 0 bridgehead atoms. The van der Waals surface area contributed by atoms with E-state index in [2.05, 4.69) is 25.8 Å². The third-order valence-corrected chi connectivity index (χ3v) is 2.69. The van der Waals surface area contributed by atoms with Gasteiger partial charge >= 0.3 is 0 Å². The summed E-state index contributed by atoms with van der Waals surface area (Å²) in [5.74, 6) is 0.763. The molecule has 84 valence electrons. The van der Waals surface area contributed by atoms with Gasteiger partial charge in [0.25, 0.3) is 6.01 Å². The third-order valence-electron chi connectivity index (χ3n) is 2.69. The summed E-state index contributed by atoms with van der Waals surface area (Å²) in [6.45, 7) is 8.02. The second kappa shape index (κ2) is 3.43. The summed E-state index contributed by atoms with van der Waals surface area (Å²) in [6, 6.07) is 0.690. The van der Waals surface area contributed by atoms with Gasteiger partial charge in [-0.1, -0.05) is 20.8 Å². The summed E-state index contributed by atoms with van der Waals surface area (Å²) >= 11 is 0. The summed E-state index contributed by atoms with van der Waals surface area (Å²) < 4.78 is 7.57. The lowest BCUT2D eigenvalue weighted by Gasteiger charge is -2.16. The van der Waals surface area contributed by atoms with Crippen molar-refractivity contribution in [2.75, 3.05) is 12.3 Å². The first-order valence-corrected chi connectivity index (χ1v) is 5.49. The quantitative estimate of drug-likeness (QED) is 0.710. The lowest BCUT2D eigenvalue weighted by Crippen LogP contribution is -2.15. The Kier molecular flexibility index (Phi) is 2.37. The molecule has 0 aliphatic carbocycles. The molecule has 0 saturated heterocycles. The maximum absolute atomic E-state index is 6.10. The van der Waals surface area contributed by atoms with Crippen LogP contribution in [-0.4, -0.2) is 16.2 Å². The van der Waals surface area contributed by atoms with E-state index >= 15 is 0 Å². The molecule has 2 rings (SSSR count). The molecule has 0 amide bonds. The largest absolute Gasteiger partial charge is 0.465 e. The standard InChI is InChI=1S/C11H19N3O/c1-11(2,3)8-9(12)14-6-4-5-7-15-10(14)13-8/h4-7,12H2,1-3H3. The molecule has 0 fully saturated rings. The Morgan fingerprint density at radius 2 is 2.07 bits per heavy atom. The number of hydrogen-bond acceptors (Lipinski definition) is 3. The lowest BCUT2D eigenvalue weighted by atomic mass is 9.92. The Hall–Kier alpha value is -1.19. The second-order valence-corrected chi connectivity index (χ2v) is 5.09. The number of hydrogen-bond donors (Lipinski definition) is 1. The zero-order valence-corrected chi connectivity index (χ0v) is 9.71. The molecule has 0 aromatic carbocycles. The fourth-order valence-corrected chi connectivity index (χ4v) is 1.86. The van der Waals surface area contributed by atoms with Crippen LogP contribution in [0.2, 0.25) is 0 Å². The van der Waals surface area contributed by atoms with Crippen LogP contribution in [0.4, 0.5) is 5.82 Å². The van der Waals surface area contributed by atoms with Crippen LogP contribution in [0, 0.1) is 0 Å². The summed E-state index contributed by atoms with van der Waals surface area (Å²) in [5.41, 5.74) is 7.02. The van der Waals surface area contributed by atoms with Crippen LogP contribution in [0.5, 0.6) is 6.01 Å². The average molecular weight is 209 g/mol. The van der Waals surface area contributed by atoms with Crippen molar-refractivity contribution in [3.8, 4) is 6.01 Å². The molecule has 2 heterocycles. The van der Waals surface area contributed by atoms with Crippen LogP contribution < -0.4 is 10.5 Å². The van der Waals surface area contributed by atoms with E-state index in [1.807, 2.05) is 4.57 Å². The predicted molar refractivity (Wildman–Crippen MR) is 60.1 cm³/mol. The molecule has 4 heteroatoms. The topological polar surface area (TPSA) is 53.1 Å². The molecule has 2 N–H and O–H groups in total. The van der Waals surface area contributed by atoms with Gasteiger partial charge < -0.3 is 10.5 Å². The van der Waals surface area contributed by atoms with E-state index in [4.69, 9.17) is 10.5 Å². The first kappa shape index (κ1) is 10.3. The number of nitrogens with two attached hydrogens (primary N) is 1. The highest BCUT2D eigenvalue weighted by molar-refractivity contribution is 5.44. The molecule has 0 saturated carbocycles. The Labute approximate surface area is 90.4 Å². The van der Waals surface area contributed by atoms with Crippen molar-refractivity contribution < 1.29 is 4.74 Å². The van der Waals surface area contributed by atoms with Crippen molar-refractivity contribution in [3.63, 3.8) is 0 Å². The van der Waals surface area contributed by atoms with Gasteiger partial charge in [-0.15, -0.1) is 0 Å². The summed E-state index contributed by atoms with van der Waals surface area (Å²) in [6.07, 6.45) is 2.19. The summed E-state index contributed by atoms with van der Waals surface area (Å²) in [7, 11) is 0. The van der Waals surface area contributed by atoms with Crippen molar-refractivity contribution in [1.29, 1.82) is 0 Å². The van der Waals surface area contributed by atoms with E-state index in [0.717, 1.165) is 37.5 Å². The zero-order chi connectivity index (χ0) is 11.1. The SMILES string of the molecule is CC(C)(C)c1nc2n(c1N)CCCCO2. The van der Waals surface area contributed by atoms with Crippen LogP contribution in [0.1, 0.15) is 39.3 Å². The highest BCUT2D eigenvalue weighted by atomic mass is 16.5. The fraction of sp³-hybridized carbons (Fsp3) is 0.727. The van der Waals surface area contributed by atoms with Gasteiger partial charge in [0, 0.05) is 12.0 Å².